The van der Waals surface area contributed by atoms with Crippen molar-refractivity contribution in [3.63, 3.8) is 0 Å². The Balaban J connectivity index is 2.14. The molecule has 5 heteroatoms. The smallest absolute Gasteiger partial charge is 0.332 e. The number of nitrogens with one attached hydrogen (secondary N) is 1. The van der Waals surface area contributed by atoms with Crippen molar-refractivity contribution in [3.05, 3.63) is 11.8 Å². The molecule has 5 nitrogen and oxygen atoms in total. The first kappa shape index (κ1) is 14.0. The van der Waals surface area contributed by atoms with Gasteiger partial charge in [-0.15, -0.1) is 0 Å². The standard InChI is InChI=1S/C12H22N2O3/c1-3-17-12(15)10-11(2)13-4-5-14-6-8-16-9-7-14/h10,13H,3-9H2,1-2H3/b11-10-. The molecule has 0 spiro atoms. The Morgan fingerprint density at radius 2 is 2.18 bits per heavy atom. The Labute approximate surface area is 103 Å². The molecular weight excluding hydrogens is 220 g/mol. The van der Waals surface area contributed by atoms with Crippen molar-refractivity contribution in [1.29, 1.82) is 0 Å². The van der Waals surface area contributed by atoms with E-state index in [9.17, 15) is 4.79 Å². The maximum atomic E-state index is 11.2. The molecule has 1 N–H and O–H groups in total. The van der Waals surface area contributed by atoms with Gasteiger partial charge in [-0.1, -0.05) is 0 Å². The molecule has 0 saturated carbocycles. The molecule has 0 aromatic carbocycles. The van der Waals surface area contributed by atoms with Crippen molar-refractivity contribution in [1.82, 2.24) is 10.2 Å². The quantitative estimate of drug-likeness (QED) is 0.539. The second kappa shape index (κ2) is 8.08. The zero-order valence-electron chi connectivity index (χ0n) is 10.7. The number of rotatable bonds is 6. The van der Waals surface area contributed by atoms with Crippen molar-refractivity contribution in [2.24, 2.45) is 0 Å². The summed E-state index contributed by atoms with van der Waals surface area (Å²) in [5, 5.41) is 3.20. The maximum Gasteiger partial charge on any atom is 0.332 e. The second-order valence-electron chi connectivity index (χ2n) is 3.96. The van der Waals surface area contributed by atoms with Gasteiger partial charge in [0, 0.05) is 38.0 Å². The van der Waals surface area contributed by atoms with Gasteiger partial charge in [-0.2, -0.15) is 0 Å². The molecule has 98 valence electrons. The number of morpholine rings is 1. The van der Waals surface area contributed by atoms with Gasteiger partial charge in [-0.25, -0.2) is 4.79 Å². The molecule has 1 saturated heterocycles. The second-order valence-corrected chi connectivity index (χ2v) is 3.96. The lowest BCUT2D eigenvalue weighted by Gasteiger charge is -2.26. The Morgan fingerprint density at radius 1 is 1.47 bits per heavy atom. The fourth-order valence-corrected chi connectivity index (χ4v) is 1.65. The van der Waals surface area contributed by atoms with Gasteiger partial charge in [0.1, 0.15) is 0 Å². The lowest BCUT2D eigenvalue weighted by molar-refractivity contribution is -0.137. The molecule has 0 unspecified atom stereocenters. The highest BCUT2D eigenvalue weighted by molar-refractivity contribution is 5.82. The largest absolute Gasteiger partial charge is 0.463 e. The minimum absolute atomic E-state index is 0.288. The highest BCUT2D eigenvalue weighted by Gasteiger charge is 2.09. The van der Waals surface area contributed by atoms with E-state index < -0.39 is 0 Å². The van der Waals surface area contributed by atoms with Gasteiger partial charge in [-0.3, -0.25) is 4.90 Å². The first-order chi connectivity index (χ1) is 8.22. The molecule has 1 heterocycles. The molecule has 17 heavy (non-hydrogen) atoms. The van der Waals surface area contributed by atoms with Crippen LogP contribution in [-0.4, -0.2) is 56.9 Å². The van der Waals surface area contributed by atoms with Crippen LogP contribution in [0.25, 0.3) is 0 Å². The van der Waals surface area contributed by atoms with E-state index in [0.29, 0.717) is 6.61 Å². The molecule has 0 radical (unpaired) electrons. The zero-order valence-corrected chi connectivity index (χ0v) is 10.7. The molecule has 0 bridgehead atoms. The summed E-state index contributed by atoms with van der Waals surface area (Å²) in [6, 6.07) is 0. The van der Waals surface area contributed by atoms with Crippen LogP contribution >= 0.6 is 0 Å². The number of carbonyl (C=O) groups is 1. The highest BCUT2D eigenvalue weighted by atomic mass is 16.5. The molecule has 1 aliphatic rings. The third kappa shape index (κ3) is 6.28. The van der Waals surface area contributed by atoms with Crippen molar-refractivity contribution >= 4 is 5.97 Å². The van der Waals surface area contributed by atoms with Crippen LogP contribution in [0.5, 0.6) is 0 Å². The summed E-state index contributed by atoms with van der Waals surface area (Å²) in [5.74, 6) is -0.288. The van der Waals surface area contributed by atoms with Crippen LogP contribution in [0.4, 0.5) is 0 Å². The van der Waals surface area contributed by atoms with Crippen LogP contribution in [0.15, 0.2) is 11.8 Å². The average Bonchev–Trinajstić information content (AvgIpc) is 2.30. The summed E-state index contributed by atoms with van der Waals surface area (Å²) in [5.41, 5.74) is 0.844. The van der Waals surface area contributed by atoms with Crippen molar-refractivity contribution in [2.75, 3.05) is 46.0 Å². The summed E-state index contributed by atoms with van der Waals surface area (Å²) in [7, 11) is 0. The van der Waals surface area contributed by atoms with E-state index in [1.54, 1.807) is 6.92 Å². The van der Waals surface area contributed by atoms with Crippen molar-refractivity contribution in [2.45, 2.75) is 13.8 Å². The van der Waals surface area contributed by atoms with E-state index >= 15 is 0 Å². The molecule has 0 aromatic rings. The molecule has 0 atom stereocenters. The Morgan fingerprint density at radius 3 is 2.82 bits per heavy atom. The van der Waals surface area contributed by atoms with Gasteiger partial charge >= 0.3 is 5.97 Å². The number of esters is 1. The van der Waals surface area contributed by atoms with E-state index in [-0.39, 0.29) is 5.97 Å². The van der Waals surface area contributed by atoms with E-state index in [4.69, 9.17) is 9.47 Å². The van der Waals surface area contributed by atoms with Crippen LogP contribution in [0, 0.1) is 0 Å². The zero-order chi connectivity index (χ0) is 12.5. The minimum atomic E-state index is -0.288. The van der Waals surface area contributed by atoms with Gasteiger partial charge < -0.3 is 14.8 Å². The van der Waals surface area contributed by atoms with Crippen LogP contribution in [-0.2, 0) is 14.3 Å². The number of hydrogen-bond donors (Lipinski definition) is 1. The molecule has 0 aromatic heterocycles. The van der Waals surface area contributed by atoms with Crippen molar-refractivity contribution < 1.29 is 14.3 Å². The summed E-state index contributed by atoms with van der Waals surface area (Å²) >= 11 is 0. The molecule has 1 aliphatic heterocycles. The number of ether oxygens (including phenoxy) is 2. The number of hydrogen-bond acceptors (Lipinski definition) is 5. The monoisotopic (exact) mass is 242 g/mol. The fraction of sp³-hybridized carbons (Fsp3) is 0.750. The number of carbonyl (C=O) groups excluding carboxylic acids is 1. The predicted molar refractivity (Wildman–Crippen MR) is 65.7 cm³/mol. The van der Waals surface area contributed by atoms with Crippen LogP contribution in [0.2, 0.25) is 0 Å². The van der Waals surface area contributed by atoms with Crippen LogP contribution in [0.3, 0.4) is 0 Å². The summed E-state index contributed by atoms with van der Waals surface area (Å²) in [4.78, 5) is 13.5. The van der Waals surface area contributed by atoms with Gasteiger partial charge in [0.05, 0.1) is 19.8 Å². The number of nitrogens with zero attached hydrogens (tertiary/aromatic N) is 1. The van der Waals surface area contributed by atoms with E-state index in [0.717, 1.165) is 45.1 Å². The summed E-state index contributed by atoms with van der Waals surface area (Å²) < 4.78 is 10.1. The fourth-order valence-electron chi connectivity index (χ4n) is 1.65. The summed E-state index contributed by atoms with van der Waals surface area (Å²) in [6.45, 7) is 9.50. The minimum Gasteiger partial charge on any atom is -0.463 e. The normalized spacial score (nSPS) is 17.9. The van der Waals surface area contributed by atoms with Gasteiger partial charge in [0.2, 0.25) is 0 Å². The highest BCUT2D eigenvalue weighted by Crippen LogP contribution is 1.96. The average molecular weight is 242 g/mol. The van der Waals surface area contributed by atoms with Crippen LogP contribution < -0.4 is 5.32 Å². The Kier molecular flexibility index (Phi) is 6.65. The predicted octanol–water partition coefficient (Wildman–Crippen LogP) is 0.375. The van der Waals surface area contributed by atoms with Crippen molar-refractivity contribution in [3.8, 4) is 0 Å². The lowest BCUT2D eigenvalue weighted by atomic mass is 10.4. The molecule has 1 fully saturated rings. The lowest BCUT2D eigenvalue weighted by Crippen LogP contribution is -2.40. The first-order valence-corrected chi connectivity index (χ1v) is 6.11. The van der Waals surface area contributed by atoms with Gasteiger partial charge in [-0.05, 0) is 13.8 Å². The van der Waals surface area contributed by atoms with Gasteiger partial charge in [0.25, 0.3) is 0 Å². The Bertz CT molecular complexity index is 260. The molecular formula is C12H22N2O3. The molecule has 1 rings (SSSR count). The summed E-state index contributed by atoms with van der Waals surface area (Å²) in [6.07, 6.45) is 1.49. The third-order valence-corrected chi connectivity index (χ3v) is 2.56. The van der Waals surface area contributed by atoms with Crippen LogP contribution in [0.1, 0.15) is 13.8 Å². The SMILES string of the molecule is CCOC(=O)/C=C(/C)NCCN1CCOCC1. The van der Waals surface area contributed by atoms with E-state index in [1.165, 1.54) is 6.08 Å². The van der Waals surface area contributed by atoms with Gasteiger partial charge in [0.15, 0.2) is 0 Å². The topological polar surface area (TPSA) is 50.8 Å². The third-order valence-electron chi connectivity index (χ3n) is 2.56. The maximum absolute atomic E-state index is 11.2. The van der Waals surface area contributed by atoms with E-state index in [1.807, 2.05) is 6.92 Å². The number of allylic oxidation sites excluding steroid dienone is 1. The molecule has 0 amide bonds. The Hall–Kier alpha value is -1.07. The molecule has 0 aliphatic carbocycles. The van der Waals surface area contributed by atoms with E-state index in [2.05, 4.69) is 10.2 Å². The first-order valence-electron chi connectivity index (χ1n) is 6.11.